The van der Waals surface area contributed by atoms with Gasteiger partial charge in [0.25, 0.3) is 0 Å². The molecule has 5 heteroatoms. The van der Waals surface area contributed by atoms with Crippen LogP contribution in [0.25, 0.3) is 10.8 Å². The molecule has 0 saturated carbocycles. The molecule has 0 aliphatic heterocycles. The lowest BCUT2D eigenvalue weighted by atomic mass is 9.96. The maximum atomic E-state index is 13.4. The first kappa shape index (κ1) is 23.2. The Morgan fingerprint density at radius 3 is 2.26 bits per heavy atom. The Morgan fingerprint density at radius 1 is 0.824 bits per heavy atom. The molecule has 0 radical (unpaired) electrons. The number of methoxy groups -OCH3 is 2. The second-order valence-electron chi connectivity index (χ2n) is 7.96. The van der Waals surface area contributed by atoms with E-state index in [0.717, 1.165) is 27.8 Å². The van der Waals surface area contributed by atoms with Crippen LogP contribution in [0.15, 0.2) is 84.9 Å². The smallest absolute Gasteiger partial charge is 0.165 e. The van der Waals surface area contributed by atoms with Crippen molar-refractivity contribution in [3.05, 3.63) is 96.1 Å². The normalized spacial score (nSPS) is 11.6. The highest BCUT2D eigenvalue weighted by molar-refractivity contribution is 6.00. The standard InChI is InChI=1S/C29H29NO4/c1-4-34-25-14-12-24(13-15-25)30-26(22-11-16-28(32-2)29(18-22)33-3)19-27(31)23-10-9-20-7-5-6-8-21(20)17-23/h5-18,26,30H,4,19H2,1-3H3. The average Bonchev–Trinajstić information content (AvgIpc) is 2.88. The number of carbonyl (C=O) groups is 1. The number of carbonyl (C=O) groups excluding carboxylic acids is 1. The molecule has 0 fully saturated rings. The molecule has 4 aromatic rings. The minimum atomic E-state index is -0.267. The van der Waals surface area contributed by atoms with Gasteiger partial charge in [0, 0.05) is 17.7 Å². The summed E-state index contributed by atoms with van der Waals surface area (Å²) in [5.74, 6) is 2.13. The molecule has 0 bridgehead atoms. The minimum absolute atomic E-state index is 0.0592. The summed E-state index contributed by atoms with van der Waals surface area (Å²) < 4.78 is 16.4. The van der Waals surface area contributed by atoms with E-state index in [1.807, 2.05) is 91.9 Å². The van der Waals surface area contributed by atoms with Crippen LogP contribution in [0, 0.1) is 0 Å². The third-order valence-electron chi connectivity index (χ3n) is 5.78. The molecule has 1 N–H and O–H groups in total. The van der Waals surface area contributed by atoms with E-state index in [0.29, 0.717) is 23.7 Å². The highest BCUT2D eigenvalue weighted by Gasteiger charge is 2.20. The number of fused-ring (bicyclic) bond motifs is 1. The predicted octanol–water partition coefficient (Wildman–Crippen LogP) is 6.68. The summed E-state index contributed by atoms with van der Waals surface area (Å²) in [7, 11) is 3.22. The van der Waals surface area contributed by atoms with E-state index in [2.05, 4.69) is 5.32 Å². The van der Waals surface area contributed by atoms with Gasteiger partial charge in [-0.1, -0.05) is 42.5 Å². The minimum Gasteiger partial charge on any atom is -0.494 e. The maximum Gasteiger partial charge on any atom is 0.165 e. The first-order valence-corrected chi connectivity index (χ1v) is 11.3. The number of nitrogens with one attached hydrogen (secondary N) is 1. The van der Waals surface area contributed by atoms with Crippen LogP contribution in [0.3, 0.4) is 0 Å². The van der Waals surface area contributed by atoms with Crippen LogP contribution in [0.1, 0.15) is 35.3 Å². The number of anilines is 1. The van der Waals surface area contributed by atoms with Crippen LogP contribution in [0.5, 0.6) is 17.2 Å². The lowest BCUT2D eigenvalue weighted by Gasteiger charge is -2.21. The molecular formula is C29H29NO4. The molecule has 0 aliphatic carbocycles. The van der Waals surface area contributed by atoms with E-state index >= 15 is 0 Å². The zero-order valence-electron chi connectivity index (χ0n) is 19.7. The fraction of sp³-hybridized carbons (Fsp3) is 0.207. The summed E-state index contributed by atoms with van der Waals surface area (Å²) in [6.45, 7) is 2.57. The van der Waals surface area contributed by atoms with Crippen LogP contribution in [0.2, 0.25) is 0 Å². The molecular weight excluding hydrogens is 426 g/mol. The van der Waals surface area contributed by atoms with Crippen LogP contribution < -0.4 is 19.5 Å². The zero-order valence-corrected chi connectivity index (χ0v) is 19.7. The molecule has 1 atom stereocenters. The lowest BCUT2D eigenvalue weighted by molar-refractivity contribution is 0.0976. The van der Waals surface area contributed by atoms with Gasteiger partial charge in [0.2, 0.25) is 0 Å². The third-order valence-corrected chi connectivity index (χ3v) is 5.78. The number of hydrogen-bond donors (Lipinski definition) is 1. The molecule has 0 saturated heterocycles. The van der Waals surface area contributed by atoms with Gasteiger partial charge in [0.05, 0.1) is 26.9 Å². The number of ether oxygens (including phenoxy) is 3. The molecule has 5 nitrogen and oxygen atoms in total. The van der Waals surface area contributed by atoms with E-state index in [9.17, 15) is 4.79 Å². The fourth-order valence-corrected chi connectivity index (χ4v) is 4.00. The number of Topliss-reactive ketones (excluding diaryl/α,β-unsaturated/α-hetero) is 1. The van der Waals surface area contributed by atoms with Crippen molar-refractivity contribution in [1.29, 1.82) is 0 Å². The SMILES string of the molecule is CCOc1ccc(NC(CC(=O)c2ccc3ccccc3c2)c2ccc(OC)c(OC)c2)cc1. The van der Waals surface area contributed by atoms with Crippen molar-refractivity contribution >= 4 is 22.2 Å². The molecule has 4 rings (SSSR count). The number of rotatable bonds is 10. The number of benzene rings is 4. The van der Waals surface area contributed by atoms with Gasteiger partial charge in [-0.3, -0.25) is 4.79 Å². The summed E-state index contributed by atoms with van der Waals surface area (Å²) in [5.41, 5.74) is 2.52. The summed E-state index contributed by atoms with van der Waals surface area (Å²) in [6, 6.07) is 27.1. The van der Waals surface area contributed by atoms with Crippen molar-refractivity contribution in [1.82, 2.24) is 0 Å². The number of ketones is 1. The average molecular weight is 456 g/mol. The largest absolute Gasteiger partial charge is 0.494 e. The van der Waals surface area contributed by atoms with E-state index in [1.54, 1.807) is 14.2 Å². The van der Waals surface area contributed by atoms with Gasteiger partial charge < -0.3 is 19.5 Å². The Kier molecular flexibility index (Phi) is 7.33. The van der Waals surface area contributed by atoms with Gasteiger partial charge in [-0.25, -0.2) is 0 Å². The van der Waals surface area contributed by atoms with Crippen LogP contribution in [-0.4, -0.2) is 26.6 Å². The molecule has 0 spiro atoms. The fourth-order valence-electron chi connectivity index (χ4n) is 4.00. The Morgan fingerprint density at radius 2 is 1.56 bits per heavy atom. The molecule has 0 heterocycles. The molecule has 4 aromatic carbocycles. The summed E-state index contributed by atoms with van der Waals surface area (Å²) in [6.07, 6.45) is 0.279. The van der Waals surface area contributed by atoms with Gasteiger partial charge in [-0.15, -0.1) is 0 Å². The van der Waals surface area contributed by atoms with Crippen molar-refractivity contribution < 1.29 is 19.0 Å². The second-order valence-corrected chi connectivity index (χ2v) is 7.96. The molecule has 0 aromatic heterocycles. The molecule has 0 amide bonds. The first-order valence-electron chi connectivity index (χ1n) is 11.3. The summed E-state index contributed by atoms with van der Waals surface area (Å²) >= 11 is 0. The van der Waals surface area contributed by atoms with Crippen molar-refractivity contribution in [2.45, 2.75) is 19.4 Å². The maximum absolute atomic E-state index is 13.4. The van der Waals surface area contributed by atoms with E-state index in [1.165, 1.54) is 0 Å². The summed E-state index contributed by atoms with van der Waals surface area (Å²) in [5, 5.41) is 5.68. The van der Waals surface area contributed by atoms with Crippen molar-refractivity contribution in [3.8, 4) is 17.2 Å². The van der Waals surface area contributed by atoms with Crippen molar-refractivity contribution in [2.75, 3.05) is 26.1 Å². The van der Waals surface area contributed by atoms with Gasteiger partial charge in [0.1, 0.15) is 5.75 Å². The molecule has 174 valence electrons. The van der Waals surface area contributed by atoms with Crippen molar-refractivity contribution in [3.63, 3.8) is 0 Å². The molecule has 34 heavy (non-hydrogen) atoms. The van der Waals surface area contributed by atoms with E-state index in [-0.39, 0.29) is 18.2 Å². The van der Waals surface area contributed by atoms with Crippen LogP contribution >= 0.6 is 0 Å². The van der Waals surface area contributed by atoms with Gasteiger partial charge in [-0.2, -0.15) is 0 Å². The quantitative estimate of drug-likeness (QED) is 0.270. The monoisotopic (exact) mass is 455 g/mol. The predicted molar refractivity (Wildman–Crippen MR) is 136 cm³/mol. The Labute approximate surface area is 200 Å². The van der Waals surface area contributed by atoms with Gasteiger partial charge in [0.15, 0.2) is 17.3 Å². The third kappa shape index (κ3) is 5.31. The lowest BCUT2D eigenvalue weighted by Crippen LogP contribution is -2.16. The first-order chi connectivity index (χ1) is 16.6. The highest BCUT2D eigenvalue weighted by Crippen LogP contribution is 2.33. The topological polar surface area (TPSA) is 56.8 Å². The van der Waals surface area contributed by atoms with E-state index in [4.69, 9.17) is 14.2 Å². The Bertz CT molecular complexity index is 1270. The molecule has 1 unspecified atom stereocenters. The van der Waals surface area contributed by atoms with Crippen LogP contribution in [-0.2, 0) is 0 Å². The summed E-state index contributed by atoms with van der Waals surface area (Å²) in [4.78, 5) is 13.4. The van der Waals surface area contributed by atoms with Gasteiger partial charge >= 0.3 is 0 Å². The molecule has 0 aliphatic rings. The van der Waals surface area contributed by atoms with E-state index < -0.39 is 0 Å². The Balaban J connectivity index is 1.64. The van der Waals surface area contributed by atoms with Crippen molar-refractivity contribution in [2.24, 2.45) is 0 Å². The van der Waals surface area contributed by atoms with Gasteiger partial charge in [-0.05, 0) is 65.7 Å². The highest BCUT2D eigenvalue weighted by atomic mass is 16.5. The zero-order chi connectivity index (χ0) is 23.9. The Hall–Kier alpha value is -3.99. The van der Waals surface area contributed by atoms with Crippen LogP contribution in [0.4, 0.5) is 5.69 Å². The second kappa shape index (κ2) is 10.8. The number of hydrogen-bond acceptors (Lipinski definition) is 5.